The van der Waals surface area contributed by atoms with Crippen molar-refractivity contribution in [3.05, 3.63) is 70.9 Å². The van der Waals surface area contributed by atoms with Crippen molar-refractivity contribution in [2.24, 2.45) is 0 Å². The number of pyridine rings is 1. The lowest BCUT2D eigenvalue weighted by Gasteiger charge is -2.15. The van der Waals surface area contributed by atoms with Crippen LogP contribution in [0.4, 0.5) is 0 Å². The third-order valence-corrected chi connectivity index (χ3v) is 5.77. The van der Waals surface area contributed by atoms with Gasteiger partial charge in [0.15, 0.2) is 0 Å². The van der Waals surface area contributed by atoms with Gasteiger partial charge in [-0.05, 0) is 56.1 Å². The first kappa shape index (κ1) is 24.3. The van der Waals surface area contributed by atoms with Gasteiger partial charge in [-0.3, -0.25) is 9.20 Å². The van der Waals surface area contributed by atoms with E-state index in [0.717, 1.165) is 53.6 Å². The van der Waals surface area contributed by atoms with Gasteiger partial charge in [-0.25, -0.2) is 4.98 Å². The van der Waals surface area contributed by atoms with E-state index in [1.807, 2.05) is 36.5 Å². The van der Waals surface area contributed by atoms with Crippen LogP contribution in [0.5, 0.6) is 0 Å². The second-order valence-corrected chi connectivity index (χ2v) is 7.86. The molecule has 2 N–H and O–H groups in total. The summed E-state index contributed by atoms with van der Waals surface area (Å²) in [6.07, 6.45) is 6.86. The van der Waals surface area contributed by atoms with E-state index in [0.29, 0.717) is 6.54 Å². The number of thioether (sulfide) groups is 1. The lowest BCUT2D eigenvalue weighted by atomic mass is 10.1. The summed E-state index contributed by atoms with van der Waals surface area (Å²) in [5, 5.41) is 7.50. The molecule has 8 heteroatoms. The van der Waals surface area contributed by atoms with Gasteiger partial charge in [0.1, 0.15) is 5.65 Å². The number of carbonyl (C=O) groups is 1. The van der Waals surface area contributed by atoms with Crippen molar-refractivity contribution in [2.75, 3.05) is 19.6 Å². The van der Waals surface area contributed by atoms with E-state index >= 15 is 0 Å². The molecule has 1 aromatic carbocycles. The minimum absolute atomic E-state index is 0. The van der Waals surface area contributed by atoms with E-state index < -0.39 is 0 Å². The smallest absolute Gasteiger partial charge is 0.258 e. The number of amides is 1. The zero-order valence-electron chi connectivity index (χ0n) is 16.5. The standard InChI is InChI=1S/C22H24N4OS.2ClH/c27-22(19-15-18-16-25-20-10-4-11-21(28-19)26(18)20)24-14-6-13-23-12-5-9-17-7-2-1-3-8-17;;/h1-4,7-8,10-11,15-16,23H,5-6,9,12-14H2,(H,24,27);2*1H. The molecule has 30 heavy (non-hydrogen) atoms. The molecule has 0 bridgehead atoms. The van der Waals surface area contributed by atoms with Crippen LogP contribution >= 0.6 is 36.6 Å². The molecule has 3 heterocycles. The molecule has 5 nitrogen and oxygen atoms in total. The maximum Gasteiger partial charge on any atom is 0.258 e. The largest absolute Gasteiger partial charge is 0.352 e. The molecular weight excluding hydrogens is 439 g/mol. The summed E-state index contributed by atoms with van der Waals surface area (Å²) in [5.41, 5.74) is 3.25. The highest BCUT2D eigenvalue weighted by molar-refractivity contribution is 8.04. The van der Waals surface area contributed by atoms with E-state index in [1.54, 1.807) is 0 Å². The molecule has 160 valence electrons. The Balaban J connectivity index is 0.00000160. The molecule has 0 saturated heterocycles. The average molecular weight is 465 g/mol. The number of nitrogens with one attached hydrogen (secondary N) is 2. The van der Waals surface area contributed by atoms with Gasteiger partial charge < -0.3 is 10.6 Å². The molecule has 3 aromatic rings. The van der Waals surface area contributed by atoms with Crippen LogP contribution in [0.15, 0.2) is 64.7 Å². The van der Waals surface area contributed by atoms with Crippen LogP contribution in [0, 0.1) is 0 Å². The summed E-state index contributed by atoms with van der Waals surface area (Å²) >= 11 is 1.49. The van der Waals surface area contributed by atoms with Gasteiger partial charge >= 0.3 is 0 Å². The van der Waals surface area contributed by atoms with Crippen LogP contribution in [-0.2, 0) is 11.2 Å². The van der Waals surface area contributed by atoms with E-state index in [4.69, 9.17) is 0 Å². The van der Waals surface area contributed by atoms with Crippen molar-refractivity contribution in [3.63, 3.8) is 0 Å². The Hall–Kier alpha value is -1.99. The monoisotopic (exact) mass is 464 g/mol. The molecule has 0 atom stereocenters. The summed E-state index contributed by atoms with van der Waals surface area (Å²) in [5.74, 6) is -0.0152. The zero-order chi connectivity index (χ0) is 19.2. The van der Waals surface area contributed by atoms with Gasteiger partial charge in [0.2, 0.25) is 0 Å². The third kappa shape index (κ3) is 6.01. The summed E-state index contributed by atoms with van der Waals surface area (Å²) in [6, 6.07) is 16.5. The van der Waals surface area contributed by atoms with Gasteiger partial charge in [-0.2, -0.15) is 0 Å². The molecule has 0 radical (unpaired) electrons. The lowest BCUT2D eigenvalue weighted by Crippen LogP contribution is -2.28. The van der Waals surface area contributed by atoms with Crippen LogP contribution in [0.1, 0.15) is 24.1 Å². The first-order valence-electron chi connectivity index (χ1n) is 9.70. The lowest BCUT2D eigenvalue weighted by molar-refractivity contribution is -0.116. The highest BCUT2D eigenvalue weighted by atomic mass is 35.5. The van der Waals surface area contributed by atoms with Crippen molar-refractivity contribution in [1.82, 2.24) is 20.0 Å². The summed E-state index contributed by atoms with van der Waals surface area (Å²) in [4.78, 5) is 17.6. The minimum atomic E-state index is -0.0152. The number of rotatable bonds is 9. The van der Waals surface area contributed by atoms with Crippen LogP contribution < -0.4 is 10.6 Å². The van der Waals surface area contributed by atoms with Gasteiger partial charge in [0, 0.05) is 6.54 Å². The van der Waals surface area contributed by atoms with Crippen molar-refractivity contribution in [3.8, 4) is 0 Å². The van der Waals surface area contributed by atoms with Crippen LogP contribution in [0.25, 0.3) is 11.7 Å². The van der Waals surface area contributed by atoms with E-state index in [-0.39, 0.29) is 30.7 Å². The number of imidazole rings is 1. The predicted molar refractivity (Wildman–Crippen MR) is 129 cm³/mol. The quantitative estimate of drug-likeness (QED) is 0.462. The van der Waals surface area contributed by atoms with Crippen LogP contribution in [0.3, 0.4) is 0 Å². The topological polar surface area (TPSA) is 58.4 Å². The molecule has 0 fully saturated rings. The molecule has 0 spiro atoms. The predicted octanol–water partition coefficient (Wildman–Crippen LogP) is 4.35. The number of halogens is 2. The Morgan fingerprint density at radius 3 is 2.60 bits per heavy atom. The third-order valence-electron chi connectivity index (χ3n) is 4.72. The number of nitrogens with zero attached hydrogens (tertiary/aromatic N) is 2. The Bertz CT molecular complexity index is 991. The Labute approximate surface area is 193 Å². The van der Waals surface area contributed by atoms with Crippen LogP contribution in [-0.4, -0.2) is 34.9 Å². The minimum Gasteiger partial charge on any atom is -0.352 e. The molecule has 0 aliphatic carbocycles. The number of aryl methyl sites for hydroxylation is 1. The highest BCUT2D eigenvalue weighted by Crippen LogP contribution is 2.34. The number of aromatic nitrogens is 2. The molecule has 4 rings (SSSR count). The van der Waals surface area contributed by atoms with Gasteiger partial charge in [0.05, 0.1) is 21.8 Å². The van der Waals surface area contributed by atoms with Gasteiger partial charge in [-0.1, -0.05) is 48.2 Å². The summed E-state index contributed by atoms with van der Waals surface area (Å²) < 4.78 is 2.07. The van der Waals surface area contributed by atoms with Crippen molar-refractivity contribution < 1.29 is 4.79 Å². The molecule has 1 amide bonds. The maximum atomic E-state index is 12.5. The zero-order valence-corrected chi connectivity index (χ0v) is 19.0. The first-order valence-corrected chi connectivity index (χ1v) is 10.5. The van der Waals surface area contributed by atoms with Gasteiger partial charge in [0.25, 0.3) is 5.91 Å². The number of hydrogen-bond acceptors (Lipinski definition) is 4. The van der Waals surface area contributed by atoms with Gasteiger partial charge in [-0.15, -0.1) is 24.8 Å². The van der Waals surface area contributed by atoms with Crippen molar-refractivity contribution in [1.29, 1.82) is 0 Å². The molecular formula is C22H26Cl2N4OS. The molecule has 1 aliphatic heterocycles. The van der Waals surface area contributed by atoms with E-state index in [1.165, 1.54) is 17.3 Å². The van der Waals surface area contributed by atoms with Crippen LogP contribution in [0.2, 0.25) is 0 Å². The SMILES string of the molecule is Cl.Cl.O=C(NCCCNCCCc1ccccc1)C1=Cc2cnc3cccc(n23)S1. The normalized spacial score (nSPS) is 11.9. The molecule has 2 aromatic heterocycles. The number of carbonyl (C=O) groups excluding carboxylic acids is 1. The van der Waals surface area contributed by atoms with E-state index in [9.17, 15) is 4.79 Å². The Morgan fingerprint density at radius 1 is 0.967 bits per heavy atom. The summed E-state index contributed by atoms with van der Waals surface area (Å²) in [6.45, 7) is 2.58. The highest BCUT2D eigenvalue weighted by Gasteiger charge is 2.19. The first-order chi connectivity index (χ1) is 13.8. The fraction of sp³-hybridized carbons (Fsp3) is 0.273. The maximum absolute atomic E-state index is 12.5. The molecule has 1 aliphatic rings. The fourth-order valence-corrected chi connectivity index (χ4v) is 4.29. The van der Waals surface area contributed by atoms with Crippen molar-refractivity contribution >= 4 is 54.2 Å². The van der Waals surface area contributed by atoms with E-state index in [2.05, 4.69) is 44.3 Å². The number of hydrogen-bond donors (Lipinski definition) is 2. The average Bonchev–Trinajstić information content (AvgIpc) is 3.15. The fourth-order valence-electron chi connectivity index (χ4n) is 3.29. The second-order valence-electron chi connectivity index (χ2n) is 6.80. The number of benzene rings is 1. The van der Waals surface area contributed by atoms with Crippen molar-refractivity contribution in [2.45, 2.75) is 24.3 Å². The second kappa shape index (κ2) is 12.0. The molecule has 0 unspecified atom stereocenters. The molecule has 0 saturated carbocycles. The summed E-state index contributed by atoms with van der Waals surface area (Å²) in [7, 11) is 0. The Kier molecular flexibility index (Phi) is 9.72. The Morgan fingerprint density at radius 2 is 1.77 bits per heavy atom.